The average Bonchev–Trinajstić information content (AvgIpc) is 2.11. The van der Waals surface area contributed by atoms with Gasteiger partial charge in [0, 0.05) is 19.0 Å². The number of hydrogen-bond acceptors (Lipinski definition) is 3. The van der Waals surface area contributed by atoms with Crippen molar-refractivity contribution in [1.29, 1.82) is 0 Å². The fourth-order valence-electron chi connectivity index (χ4n) is 1.15. The third-order valence-electron chi connectivity index (χ3n) is 1.85. The molecule has 1 N–H and O–H groups in total. The molecule has 0 unspecified atom stereocenters. The van der Waals surface area contributed by atoms with Crippen molar-refractivity contribution in [1.82, 2.24) is 5.32 Å². The van der Waals surface area contributed by atoms with Crippen LogP contribution in [0.25, 0.3) is 0 Å². The molecule has 0 saturated carbocycles. The van der Waals surface area contributed by atoms with Crippen LogP contribution < -0.4 is 5.32 Å². The lowest BCUT2D eigenvalue weighted by atomic mass is 10.0. The number of nitrogens with one attached hydrogen (secondary N) is 1. The Balaban J connectivity index is 1.82. The summed E-state index contributed by atoms with van der Waals surface area (Å²) < 4.78 is 10.6. The number of hydrogen-bond donors (Lipinski definition) is 1. The average molecular weight is 129 g/mol. The van der Waals surface area contributed by atoms with Gasteiger partial charge < -0.3 is 14.8 Å². The summed E-state index contributed by atoms with van der Waals surface area (Å²) in [7, 11) is 0. The third-order valence-corrected chi connectivity index (χ3v) is 1.85. The maximum absolute atomic E-state index is 5.29. The highest BCUT2D eigenvalue weighted by Crippen LogP contribution is 2.17. The maximum atomic E-state index is 5.29. The molecule has 9 heavy (non-hydrogen) atoms. The normalized spacial score (nSPS) is 30.7. The van der Waals surface area contributed by atoms with Crippen LogP contribution in [0.2, 0.25) is 0 Å². The minimum Gasteiger partial charge on any atom is -0.350 e. The fourth-order valence-corrected chi connectivity index (χ4v) is 1.15. The van der Waals surface area contributed by atoms with Gasteiger partial charge in [-0.15, -0.1) is 0 Å². The number of rotatable bonds is 1. The van der Waals surface area contributed by atoms with Crippen LogP contribution in [0.3, 0.4) is 0 Å². The van der Waals surface area contributed by atoms with E-state index in [1.54, 1.807) is 0 Å². The first-order valence-electron chi connectivity index (χ1n) is 3.41. The molecule has 0 aromatic rings. The van der Waals surface area contributed by atoms with Crippen molar-refractivity contribution in [2.75, 3.05) is 26.3 Å². The van der Waals surface area contributed by atoms with E-state index in [4.69, 9.17) is 9.47 Å². The molecule has 0 aromatic carbocycles. The van der Waals surface area contributed by atoms with Gasteiger partial charge in [-0.25, -0.2) is 0 Å². The van der Waals surface area contributed by atoms with E-state index in [2.05, 4.69) is 5.32 Å². The van der Waals surface area contributed by atoms with Crippen molar-refractivity contribution in [3.05, 3.63) is 0 Å². The second kappa shape index (κ2) is 2.25. The van der Waals surface area contributed by atoms with Crippen LogP contribution >= 0.6 is 0 Å². The summed E-state index contributed by atoms with van der Waals surface area (Å²) in [6.45, 7) is 3.68. The van der Waals surface area contributed by atoms with E-state index in [0.717, 1.165) is 26.3 Å². The lowest BCUT2D eigenvalue weighted by molar-refractivity contribution is -0.0962. The molecule has 2 saturated heterocycles. The molecule has 3 nitrogen and oxygen atoms in total. The molecule has 2 aliphatic heterocycles. The van der Waals surface area contributed by atoms with Crippen molar-refractivity contribution in [3.8, 4) is 0 Å². The van der Waals surface area contributed by atoms with Crippen LogP contribution in [0, 0.1) is 5.92 Å². The maximum Gasteiger partial charge on any atom is 0.163 e. The lowest BCUT2D eigenvalue weighted by Gasteiger charge is -2.30. The predicted molar refractivity (Wildman–Crippen MR) is 32.1 cm³/mol. The Kier molecular flexibility index (Phi) is 1.41. The lowest BCUT2D eigenvalue weighted by Crippen LogP contribution is -2.48. The van der Waals surface area contributed by atoms with Crippen LogP contribution in [-0.4, -0.2) is 32.6 Å². The molecule has 0 spiro atoms. The summed E-state index contributed by atoms with van der Waals surface area (Å²) in [4.78, 5) is 0. The minimum absolute atomic E-state index is 0.103. The molecule has 2 fully saturated rings. The summed E-state index contributed by atoms with van der Waals surface area (Å²) >= 11 is 0. The van der Waals surface area contributed by atoms with E-state index in [1.165, 1.54) is 0 Å². The zero-order chi connectivity index (χ0) is 6.10. The van der Waals surface area contributed by atoms with Gasteiger partial charge in [-0.1, -0.05) is 0 Å². The highest BCUT2D eigenvalue weighted by molar-refractivity contribution is 4.78. The molecule has 2 aliphatic rings. The van der Waals surface area contributed by atoms with Crippen molar-refractivity contribution in [2.45, 2.75) is 6.29 Å². The molecule has 3 heteroatoms. The van der Waals surface area contributed by atoms with Crippen molar-refractivity contribution >= 4 is 0 Å². The minimum atomic E-state index is 0.103. The molecular formula is C6H11NO2. The van der Waals surface area contributed by atoms with Gasteiger partial charge in [0.25, 0.3) is 0 Å². The van der Waals surface area contributed by atoms with Crippen LogP contribution in [0.5, 0.6) is 0 Å². The molecule has 2 rings (SSSR count). The van der Waals surface area contributed by atoms with E-state index in [0.29, 0.717) is 5.92 Å². The highest BCUT2D eigenvalue weighted by Gasteiger charge is 2.30. The van der Waals surface area contributed by atoms with E-state index in [-0.39, 0.29) is 6.29 Å². The quantitative estimate of drug-likeness (QED) is 0.521. The van der Waals surface area contributed by atoms with Crippen molar-refractivity contribution in [3.63, 3.8) is 0 Å². The summed E-state index contributed by atoms with van der Waals surface area (Å²) in [5.41, 5.74) is 0. The van der Waals surface area contributed by atoms with E-state index >= 15 is 0 Å². The molecule has 2 heterocycles. The topological polar surface area (TPSA) is 30.5 Å². The Bertz CT molecular complexity index is 97.2. The van der Waals surface area contributed by atoms with Gasteiger partial charge in [0.15, 0.2) is 6.29 Å². The van der Waals surface area contributed by atoms with Crippen LogP contribution in [0.1, 0.15) is 0 Å². The van der Waals surface area contributed by atoms with Gasteiger partial charge in [-0.2, -0.15) is 0 Å². The molecule has 0 bridgehead atoms. The fraction of sp³-hybridized carbons (Fsp3) is 1.00. The Morgan fingerprint density at radius 1 is 1.11 bits per heavy atom. The Morgan fingerprint density at radius 2 is 1.78 bits per heavy atom. The largest absolute Gasteiger partial charge is 0.350 e. The Hall–Kier alpha value is -0.120. The SMILES string of the molecule is C1COC(C2CNC2)O1. The first-order valence-corrected chi connectivity index (χ1v) is 3.41. The van der Waals surface area contributed by atoms with Gasteiger partial charge in [0.1, 0.15) is 0 Å². The van der Waals surface area contributed by atoms with Gasteiger partial charge >= 0.3 is 0 Å². The molecule has 52 valence electrons. The molecule has 0 aliphatic carbocycles. The van der Waals surface area contributed by atoms with Gasteiger partial charge in [-0.05, 0) is 0 Å². The second-order valence-corrected chi connectivity index (χ2v) is 2.53. The first kappa shape index (κ1) is 5.65. The van der Waals surface area contributed by atoms with Gasteiger partial charge in [0.05, 0.1) is 13.2 Å². The van der Waals surface area contributed by atoms with Crippen molar-refractivity contribution in [2.24, 2.45) is 5.92 Å². The zero-order valence-corrected chi connectivity index (χ0v) is 5.30. The third kappa shape index (κ3) is 0.956. The summed E-state index contributed by atoms with van der Waals surface area (Å²) in [5, 5.41) is 3.18. The predicted octanol–water partition coefficient (Wildman–Crippen LogP) is -0.421. The van der Waals surface area contributed by atoms with Crippen LogP contribution in [0.15, 0.2) is 0 Å². The first-order chi connectivity index (χ1) is 4.47. The summed E-state index contributed by atoms with van der Waals surface area (Å²) in [5.74, 6) is 0.618. The summed E-state index contributed by atoms with van der Waals surface area (Å²) in [6.07, 6.45) is 0.103. The molecule has 0 amide bonds. The van der Waals surface area contributed by atoms with Crippen LogP contribution in [0.4, 0.5) is 0 Å². The Morgan fingerprint density at radius 3 is 2.22 bits per heavy atom. The van der Waals surface area contributed by atoms with Gasteiger partial charge in [-0.3, -0.25) is 0 Å². The molecule has 0 aromatic heterocycles. The molecule has 0 radical (unpaired) electrons. The van der Waals surface area contributed by atoms with E-state index < -0.39 is 0 Å². The van der Waals surface area contributed by atoms with Crippen LogP contribution in [-0.2, 0) is 9.47 Å². The molecular weight excluding hydrogens is 118 g/mol. The van der Waals surface area contributed by atoms with Gasteiger partial charge in [0.2, 0.25) is 0 Å². The van der Waals surface area contributed by atoms with E-state index in [1.807, 2.05) is 0 Å². The zero-order valence-electron chi connectivity index (χ0n) is 5.30. The standard InChI is InChI=1S/C6H11NO2/c1-2-9-6(8-1)5-3-7-4-5/h5-7H,1-4H2. The van der Waals surface area contributed by atoms with E-state index in [9.17, 15) is 0 Å². The van der Waals surface area contributed by atoms with Crippen molar-refractivity contribution < 1.29 is 9.47 Å². The second-order valence-electron chi connectivity index (χ2n) is 2.53. The monoisotopic (exact) mass is 129 g/mol. The molecule has 0 atom stereocenters. The highest BCUT2D eigenvalue weighted by atomic mass is 16.7. The Labute approximate surface area is 54.3 Å². The number of ether oxygens (including phenoxy) is 2. The summed E-state index contributed by atoms with van der Waals surface area (Å²) in [6, 6.07) is 0. The smallest absolute Gasteiger partial charge is 0.163 e.